The predicted molar refractivity (Wildman–Crippen MR) is 60.4 cm³/mol. The van der Waals surface area contributed by atoms with Crippen LogP contribution in [0.1, 0.15) is 23.7 Å². The SMILES string of the molecule is CN(C)C(=O)CC1OC(=N)c2ccccc21. The topological polar surface area (TPSA) is 53.4 Å². The molecule has 0 aliphatic carbocycles. The van der Waals surface area contributed by atoms with Crippen molar-refractivity contribution in [3.05, 3.63) is 35.4 Å². The third-order valence-corrected chi connectivity index (χ3v) is 2.67. The lowest BCUT2D eigenvalue weighted by Gasteiger charge is -2.14. The minimum atomic E-state index is -0.307. The molecule has 1 aliphatic heterocycles. The lowest BCUT2D eigenvalue weighted by atomic mass is 10.0. The lowest BCUT2D eigenvalue weighted by molar-refractivity contribution is -0.130. The zero-order chi connectivity index (χ0) is 11.7. The van der Waals surface area contributed by atoms with E-state index >= 15 is 0 Å². The van der Waals surface area contributed by atoms with Crippen LogP contribution >= 0.6 is 0 Å². The van der Waals surface area contributed by atoms with Gasteiger partial charge in [0.25, 0.3) is 0 Å². The van der Waals surface area contributed by atoms with Gasteiger partial charge < -0.3 is 9.64 Å². The van der Waals surface area contributed by atoms with E-state index in [0.29, 0.717) is 0 Å². The summed E-state index contributed by atoms with van der Waals surface area (Å²) in [5.74, 6) is 0.168. The molecule has 0 fully saturated rings. The van der Waals surface area contributed by atoms with Crippen molar-refractivity contribution < 1.29 is 9.53 Å². The Labute approximate surface area is 94.3 Å². The zero-order valence-electron chi connectivity index (χ0n) is 9.36. The Morgan fingerprint density at radius 2 is 2.12 bits per heavy atom. The van der Waals surface area contributed by atoms with Gasteiger partial charge in [-0.3, -0.25) is 10.2 Å². The number of amides is 1. The molecule has 1 unspecified atom stereocenters. The van der Waals surface area contributed by atoms with E-state index in [1.807, 2.05) is 24.3 Å². The van der Waals surface area contributed by atoms with Crippen LogP contribution in [-0.4, -0.2) is 30.8 Å². The molecule has 4 nitrogen and oxygen atoms in total. The lowest BCUT2D eigenvalue weighted by Crippen LogP contribution is -2.23. The van der Waals surface area contributed by atoms with Crippen molar-refractivity contribution in [3.8, 4) is 0 Å². The molecule has 1 heterocycles. The van der Waals surface area contributed by atoms with Gasteiger partial charge in [0.15, 0.2) is 0 Å². The van der Waals surface area contributed by atoms with Gasteiger partial charge in [-0.2, -0.15) is 0 Å². The fourth-order valence-corrected chi connectivity index (χ4v) is 1.75. The van der Waals surface area contributed by atoms with Crippen molar-refractivity contribution in [1.29, 1.82) is 5.41 Å². The molecule has 0 radical (unpaired) electrons. The second-order valence-electron chi connectivity index (χ2n) is 4.02. The molecule has 2 rings (SSSR count). The minimum Gasteiger partial charge on any atom is -0.469 e. The minimum absolute atomic E-state index is 0.00880. The second-order valence-corrected chi connectivity index (χ2v) is 4.02. The van der Waals surface area contributed by atoms with Gasteiger partial charge in [-0.1, -0.05) is 18.2 Å². The van der Waals surface area contributed by atoms with Crippen LogP contribution < -0.4 is 0 Å². The first kappa shape index (κ1) is 10.7. The number of nitrogens with one attached hydrogen (secondary N) is 1. The zero-order valence-corrected chi connectivity index (χ0v) is 9.36. The van der Waals surface area contributed by atoms with Crippen LogP contribution in [0.15, 0.2) is 24.3 Å². The molecule has 0 saturated heterocycles. The number of carbonyl (C=O) groups excluding carboxylic acids is 1. The normalized spacial score (nSPS) is 17.9. The van der Waals surface area contributed by atoms with Crippen LogP contribution in [0.25, 0.3) is 0 Å². The molecule has 4 heteroatoms. The first-order valence-corrected chi connectivity index (χ1v) is 5.14. The first-order chi connectivity index (χ1) is 7.59. The highest BCUT2D eigenvalue weighted by Crippen LogP contribution is 2.32. The van der Waals surface area contributed by atoms with E-state index in [1.54, 1.807) is 14.1 Å². The Morgan fingerprint density at radius 3 is 2.81 bits per heavy atom. The number of benzene rings is 1. The summed E-state index contributed by atoms with van der Waals surface area (Å²) in [5.41, 5.74) is 1.72. The van der Waals surface area contributed by atoms with Crippen LogP contribution in [0.4, 0.5) is 0 Å². The average Bonchev–Trinajstić information content (AvgIpc) is 2.57. The van der Waals surface area contributed by atoms with E-state index in [-0.39, 0.29) is 24.3 Å². The van der Waals surface area contributed by atoms with Gasteiger partial charge in [0.05, 0.1) is 6.42 Å². The maximum atomic E-state index is 11.6. The molecule has 1 aromatic carbocycles. The van der Waals surface area contributed by atoms with Crippen molar-refractivity contribution in [2.75, 3.05) is 14.1 Å². The molecule has 1 aromatic rings. The summed E-state index contributed by atoms with van der Waals surface area (Å²) in [6, 6.07) is 7.52. The third-order valence-electron chi connectivity index (χ3n) is 2.67. The van der Waals surface area contributed by atoms with Crippen LogP contribution in [0.5, 0.6) is 0 Å². The summed E-state index contributed by atoms with van der Waals surface area (Å²) in [6.07, 6.45) is -0.0227. The van der Waals surface area contributed by atoms with Gasteiger partial charge in [0.1, 0.15) is 6.10 Å². The van der Waals surface area contributed by atoms with E-state index in [4.69, 9.17) is 10.1 Å². The quantitative estimate of drug-likeness (QED) is 0.819. The number of hydrogen-bond donors (Lipinski definition) is 1. The number of hydrogen-bond acceptors (Lipinski definition) is 3. The predicted octanol–water partition coefficient (Wildman–Crippen LogP) is 1.56. The van der Waals surface area contributed by atoms with E-state index < -0.39 is 0 Å². The standard InChI is InChI=1S/C12H14N2O2/c1-14(2)11(15)7-10-8-5-3-4-6-9(8)12(13)16-10/h3-6,10,13H,7H2,1-2H3. The fraction of sp³-hybridized carbons (Fsp3) is 0.333. The van der Waals surface area contributed by atoms with Crippen molar-refractivity contribution in [2.24, 2.45) is 0 Å². The molecule has 0 aromatic heterocycles. The maximum Gasteiger partial charge on any atom is 0.226 e. The van der Waals surface area contributed by atoms with Crippen molar-refractivity contribution >= 4 is 11.8 Å². The highest BCUT2D eigenvalue weighted by molar-refractivity contribution is 5.96. The number of carbonyl (C=O) groups is 1. The molecule has 1 atom stereocenters. The van der Waals surface area contributed by atoms with Crippen LogP contribution in [-0.2, 0) is 9.53 Å². The summed E-state index contributed by atoms with van der Waals surface area (Å²) < 4.78 is 5.39. The Balaban J connectivity index is 2.21. The molecule has 1 amide bonds. The average molecular weight is 218 g/mol. The molecular formula is C12H14N2O2. The molecule has 0 bridgehead atoms. The summed E-state index contributed by atoms with van der Waals surface area (Å²) in [4.78, 5) is 13.1. The van der Waals surface area contributed by atoms with Gasteiger partial charge >= 0.3 is 0 Å². The van der Waals surface area contributed by atoms with Gasteiger partial charge in [-0.25, -0.2) is 0 Å². The molecule has 84 valence electrons. The van der Waals surface area contributed by atoms with Crippen molar-refractivity contribution in [3.63, 3.8) is 0 Å². The number of ether oxygens (including phenoxy) is 1. The van der Waals surface area contributed by atoms with E-state index in [0.717, 1.165) is 11.1 Å². The Kier molecular flexibility index (Phi) is 2.64. The van der Waals surface area contributed by atoms with E-state index in [1.165, 1.54) is 4.90 Å². The highest BCUT2D eigenvalue weighted by Gasteiger charge is 2.30. The van der Waals surface area contributed by atoms with Gasteiger partial charge in [0.2, 0.25) is 11.8 Å². The Hall–Kier alpha value is -1.84. The van der Waals surface area contributed by atoms with Crippen LogP contribution in [0, 0.1) is 5.41 Å². The largest absolute Gasteiger partial charge is 0.469 e. The Morgan fingerprint density at radius 1 is 1.44 bits per heavy atom. The molecule has 0 spiro atoms. The Bertz CT molecular complexity index is 440. The summed E-state index contributed by atoms with van der Waals surface area (Å²) in [7, 11) is 3.43. The van der Waals surface area contributed by atoms with Crippen LogP contribution in [0.3, 0.4) is 0 Å². The monoisotopic (exact) mass is 218 g/mol. The van der Waals surface area contributed by atoms with Crippen molar-refractivity contribution in [2.45, 2.75) is 12.5 Å². The van der Waals surface area contributed by atoms with Gasteiger partial charge in [-0.15, -0.1) is 0 Å². The van der Waals surface area contributed by atoms with Gasteiger partial charge in [0, 0.05) is 25.2 Å². The molecule has 16 heavy (non-hydrogen) atoms. The molecular weight excluding hydrogens is 204 g/mol. The second kappa shape index (κ2) is 3.96. The van der Waals surface area contributed by atoms with Gasteiger partial charge in [-0.05, 0) is 6.07 Å². The first-order valence-electron chi connectivity index (χ1n) is 5.14. The maximum absolute atomic E-state index is 11.6. The summed E-state index contributed by atoms with van der Waals surface area (Å²) >= 11 is 0. The third kappa shape index (κ3) is 1.78. The number of rotatable bonds is 2. The van der Waals surface area contributed by atoms with Crippen molar-refractivity contribution in [1.82, 2.24) is 4.90 Å². The summed E-state index contributed by atoms with van der Waals surface area (Å²) in [5, 5.41) is 7.67. The molecule has 1 aliphatic rings. The fourth-order valence-electron chi connectivity index (χ4n) is 1.75. The summed E-state index contributed by atoms with van der Waals surface area (Å²) in [6.45, 7) is 0. The van der Waals surface area contributed by atoms with Crippen LogP contribution in [0.2, 0.25) is 0 Å². The highest BCUT2D eigenvalue weighted by atomic mass is 16.5. The number of nitrogens with zero attached hydrogens (tertiary/aromatic N) is 1. The van der Waals surface area contributed by atoms with E-state index in [2.05, 4.69) is 0 Å². The number of fused-ring (bicyclic) bond motifs is 1. The van der Waals surface area contributed by atoms with E-state index in [9.17, 15) is 4.79 Å². The smallest absolute Gasteiger partial charge is 0.226 e. The molecule has 0 saturated carbocycles. The molecule has 1 N–H and O–H groups in total.